The molecule has 0 amide bonds. The molecule has 0 spiro atoms. The van der Waals surface area contributed by atoms with Crippen molar-refractivity contribution in [2.24, 2.45) is 5.73 Å². The molecule has 2 N–H and O–H groups in total. The lowest BCUT2D eigenvalue weighted by atomic mass is 10.0. The van der Waals surface area contributed by atoms with E-state index in [4.69, 9.17) is 10.5 Å². The Morgan fingerprint density at radius 1 is 1.50 bits per heavy atom. The first-order valence-corrected chi connectivity index (χ1v) is 5.63. The Morgan fingerprint density at radius 2 is 2.25 bits per heavy atom. The van der Waals surface area contributed by atoms with Crippen LogP contribution in [0.15, 0.2) is 24.3 Å². The first kappa shape index (κ1) is 12.7. The number of rotatable bonds is 5. The van der Waals surface area contributed by atoms with Gasteiger partial charge in [-0.3, -0.25) is 4.79 Å². The Bertz CT molecular complexity index is 348. The Kier molecular flexibility index (Phi) is 4.99. The molecule has 0 bridgehead atoms. The maximum Gasteiger partial charge on any atom is 0.305 e. The highest BCUT2D eigenvalue weighted by molar-refractivity contribution is 5.68. The fourth-order valence-electron chi connectivity index (χ4n) is 1.42. The minimum atomic E-state index is -0.150. The molecule has 3 heteroatoms. The van der Waals surface area contributed by atoms with Crippen LogP contribution in [0, 0.1) is 0 Å². The van der Waals surface area contributed by atoms with Crippen LogP contribution in [-0.4, -0.2) is 12.6 Å². The molecule has 0 radical (unpaired) electrons. The second kappa shape index (κ2) is 6.28. The summed E-state index contributed by atoms with van der Waals surface area (Å²) in [5, 5.41) is 0. The molecule has 0 saturated heterocycles. The van der Waals surface area contributed by atoms with Gasteiger partial charge in [-0.05, 0) is 18.1 Å². The van der Waals surface area contributed by atoms with Gasteiger partial charge in [-0.2, -0.15) is 0 Å². The van der Waals surface area contributed by atoms with Crippen LogP contribution in [0.2, 0.25) is 0 Å². The van der Waals surface area contributed by atoms with Gasteiger partial charge in [0.2, 0.25) is 0 Å². The van der Waals surface area contributed by atoms with E-state index in [1.54, 1.807) is 6.92 Å². The third kappa shape index (κ3) is 4.03. The van der Waals surface area contributed by atoms with Gasteiger partial charge in [-0.25, -0.2) is 0 Å². The summed E-state index contributed by atoms with van der Waals surface area (Å²) in [5.41, 5.74) is 8.06. The highest BCUT2D eigenvalue weighted by Gasteiger charge is 2.02. The summed E-state index contributed by atoms with van der Waals surface area (Å²) in [6.45, 7) is 4.18. The van der Waals surface area contributed by atoms with Gasteiger partial charge in [0.1, 0.15) is 0 Å². The number of nitrogens with two attached hydrogens (primary N) is 1. The molecular weight excluding hydrogens is 202 g/mol. The SMILES string of the molecule is CCC(=O)OCCc1cccc(C(C)N)c1. The number of carbonyl (C=O) groups excluding carboxylic acids is 1. The molecule has 1 unspecified atom stereocenters. The van der Waals surface area contributed by atoms with E-state index in [0.717, 1.165) is 17.5 Å². The van der Waals surface area contributed by atoms with Crippen LogP contribution in [0.4, 0.5) is 0 Å². The molecule has 0 heterocycles. The summed E-state index contributed by atoms with van der Waals surface area (Å²) in [7, 11) is 0. The first-order chi connectivity index (χ1) is 7.63. The van der Waals surface area contributed by atoms with Crippen molar-refractivity contribution < 1.29 is 9.53 Å². The van der Waals surface area contributed by atoms with Gasteiger partial charge in [0, 0.05) is 18.9 Å². The van der Waals surface area contributed by atoms with Crippen LogP contribution in [-0.2, 0) is 16.0 Å². The van der Waals surface area contributed by atoms with Crippen LogP contribution in [0.3, 0.4) is 0 Å². The molecular formula is C13H19NO2. The van der Waals surface area contributed by atoms with Gasteiger partial charge in [0.25, 0.3) is 0 Å². The van der Waals surface area contributed by atoms with Gasteiger partial charge < -0.3 is 10.5 Å². The average Bonchev–Trinajstić information content (AvgIpc) is 2.29. The van der Waals surface area contributed by atoms with Crippen molar-refractivity contribution in [3.05, 3.63) is 35.4 Å². The number of ether oxygens (including phenoxy) is 1. The van der Waals surface area contributed by atoms with E-state index in [1.165, 1.54) is 0 Å². The predicted octanol–water partition coefficient (Wildman–Crippen LogP) is 2.20. The largest absolute Gasteiger partial charge is 0.465 e. The molecule has 0 aliphatic heterocycles. The van der Waals surface area contributed by atoms with Crippen molar-refractivity contribution in [1.82, 2.24) is 0 Å². The number of carbonyl (C=O) groups is 1. The monoisotopic (exact) mass is 221 g/mol. The molecule has 0 fully saturated rings. The minimum absolute atomic E-state index is 0.0399. The number of esters is 1. The lowest BCUT2D eigenvalue weighted by Crippen LogP contribution is -2.08. The average molecular weight is 221 g/mol. The van der Waals surface area contributed by atoms with Crippen LogP contribution >= 0.6 is 0 Å². The Hall–Kier alpha value is -1.35. The molecule has 1 aromatic rings. The fourth-order valence-corrected chi connectivity index (χ4v) is 1.42. The van der Waals surface area contributed by atoms with E-state index in [-0.39, 0.29) is 12.0 Å². The first-order valence-electron chi connectivity index (χ1n) is 5.63. The lowest BCUT2D eigenvalue weighted by Gasteiger charge is -2.08. The van der Waals surface area contributed by atoms with Crippen molar-refractivity contribution in [2.75, 3.05) is 6.61 Å². The maximum atomic E-state index is 10.9. The summed E-state index contributed by atoms with van der Waals surface area (Å²) in [6, 6.07) is 8.11. The summed E-state index contributed by atoms with van der Waals surface area (Å²) in [6.07, 6.45) is 1.17. The molecule has 16 heavy (non-hydrogen) atoms. The zero-order chi connectivity index (χ0) is 12.0. The van der Waals surface area contributed by atoms with Gasteiger partial charge >= 0.3 is 5.97 Å². The van der Waals surface area contributed by atoms with Gasteiger partial charge in [0.05, 0.1) is 6.61 Å². The standard InChI is InChI=1S/C13H19NO2/c1-3-13(15)16-8-7-11-5-4-6-12(9-11)10(2)14/h4-6,9-10H,3,7-8,14H2,1-2H3. The summed E-state index contributed by atoms with van der Waals surface area (Å²) >= 11 is 0. The van der Waals surface area contributed by atoms with Crippen molar-refractivity contribution in [2.45, 2.75) is 32.7 Å². The van der Waals surface area contributed by atoms with Crippen molar-refractivity contribution in [3.63, 3.8) is 0 Å². The van der Waals surface area contributed by atoms with Crippen LogP contribution in [0.25, 0.3) is 0 Å². The molecule has 3 nitrogen and oxygen atoms in total. The molecule has 0 aromatic heterocycles. The lowest BCUT2D eigenvalue weighted by molar-refractivity contribution is -0.143. The highest BCUT2D eigenvalue weighted by atomic mass is 16.5. The maximum absolute atomic E-state index is 10.9. The van der Waals surface area contributed by atoms with Crippen molar-refractivity contribution >= 4 is 5.97 Å². The van der Waals surface area contributed by atoms with E-state index >= 15 is 0 Å². The van der Waals surface area contributed by atoms with E-state index in [2.05, 4.69) is 6.07 Å². The summed E-state index contributed by atoms with van der Waals surface area (Å²) < 4.78 is 5.03. The van der Waals surface area contributed by atoms with E-state index in [1.807, 2.05) is 25.1 Å². The highest BCUT2D eigenvalue weighted by Crippen LogP contribution is 2.12. The predicted molar refractivity (Wildman–Crippen MR) is 64.0 cm³/mol. The smallest absolute Gasteiger partial charge is 0.305 e. The molecule has 1 atom stereocenters. The Labute approximate surface area is 96.6 Å². The molecule has 1 rings (SSSR count). The van der Waals surface area contributed by atoms with E-state index < -0.39 is 0 Å². The van der Waals surface area contributed by atoms with Crippen LogP contribution in [0.1, 0.15) is 37.4 Å². The van der Waals surface area contributed by atoms with Crippen LogP contribution < -0.4 is 5.73 Å². The fraction of sp³-hybridized carbons (Fsp3) is 0.462. The molecule has 88 valence electrons. The van der Waals surface area contributed by atoms with Gasteiger partial charge in [-0.1, -0.05) is 31.2 Å². The topological polar surface area (TPSA) is 52.3 Å². The van der Waals surface area contributed by atoms with Crippen molar-refractivity contribution in [3.8, 4) is 0 Å². The summed E-state index contributed by atoms with van der Waals surface area (Å²) in [5.74, 6) is -0.150. The molecule has 0 aliphatic rings. The van der Waals surface area contributed by atoms with Crippen molar-refractivity contribution in [1.29, 1.82) is 0 Å². The quantitative estimate of drug-likeness (QED) is 0.775. The van der Waals surface area contributed by atoms with E-state index in [9.17, 15) is 4.79 Å². The third-order valence-corrected chi connectivity index (χ3v) is 2.42. The Morgan fingerprint density at radius 3 is 2.88 bits per heavy atom. The number of hydrogen-bond acceptors (Lipinski definition) is 3. The summed E-state index contributed by atoms with van der Waals surface area (Å²) in [4.78, 5) is 10.9. The third-order valence-electron chi connectivity index (χ3n) is 2.42. The van der Waals surface area contributed by atoms with Gasteiger partial charge in [0.15, 0.2) is 0 Å². The Balaban J connectivity index is 2.48. The zero-order valence-corrected chi connectivity index (χ0v) is 9.90. The molecule has 0 aliphatic carbocycles. The van der Waals surface area contributed by atoms with E-state index in [0.29, 0.717) is 13.0 Å². The van der Waals surface area contributed by atoms with Crippen LogP contribution in [0.5, 0.6) is 0 Å². The second-order valence-corrected chi connectivity index (χ2v) is 3.86. The zero-order valence-electron chi connectivity index (χ0n) is 9.90. The molecule has 1 aromatic carbocycles. The molecule has 0 saturated carbocycles. The second-order valence-electron chi connectivity index (χ2n) is 3.86. The normalized spacial score (nSPS) is 12.2. The number of benzene rings is 1. The minimum Gasteiger partial charge on any atom is -0.465 e. The number of hydrogen-bond donors (Lipinski definition) is 1. The van der Waals surface area contributed by atoms with Gasteiger partial charge in [-0.15, -0.1) is 0 Å².